The van der Waals surface area contributed by atoms with Crippen LogP contribution in [0.15, 0.2) is 109 Å². The minimum atomic E-state index is -0.959. The Bertz CT molecular complexity index is 2680. The van der Waals surface area contributed by atoms with Crippen LogP contribution in [0, 0.1) is 0 Å². The first kappa shape index (κ1) is 31.0. The first-order valence-corrected chi connectivity index (χ1v) is 14.8. The van der Waals surface area contributed by atoms with Crippen molar-refractivity contribution in [1.82, 2.24) is 26.1 Å². The summed E-state index contributed by atoms with van der Waals surface area (Å²) < 4.78 is 0. The highest BCUT2D eigenvalue weighted by Crippen LogP contribution is 2.46. The molecule has 11 heteroatoms. The molecule has 0 fully saturated rings. The number of nitrogens with zero attached hydrogens (tertiary/aromatic N) is 4. The lowest BCUT2D eigenvalue weighted by Gasteiger charge is -2.05. The van der Waals surface area contributed by atoms with Gasteiger partial charge in [0.25, 0.3) is 0 Å². The van der Waals surface area contributed by atoms with Gasteiger partial charge in [-0.3, -0.25) is 0 Å². The lowest BCUT2D eigenvalue weighted by molar-refractivity contribution is 0.0503. The summed E-state index contributed by atoms with van der Waals surface area (Å²) in [5, 5.41) is 13.8. The average molecular weight is 647 g/mol. The maximum atomic E-state index is 11.6. The Labute approximate surface area is 277 Å². The minimum absolute atomic E-state index is 0. The normalized spacial score (nSPS) is 11.3. The molecule has 0 aliphatic heterocycles. The highest BCUT2D eigenvalue weighted by atomic mass is 16.7. The number of rotatable bonds is 2. The van der Waals surface area contributed by atoms with E-state index in [1.807, 2.05) is 30.3 Å². The number of fused-ring (bicyclic) bond motifs is 8. The van der Waals surface area contributed by atoms with Crippen LogP contribution < -0.4 is 12.0 Å². The van der Waals surface area contributed by atoms with Crippen molar-refractivity contribution in [2.24, 2.45) is 5.90 Å². The standard InChI is InChI=1S/C19H11N3O2.C19H10N2O2.H3N.H2O/c20-24-19(23)11-7-8-14-15(9-11)22-18-13-6-2-4-10-3-1-5-12(16(10)13)17(18)21-14;22-19(23)11-7-8-14-15(9-11)21-18-13-6-2-4-10-3-1-5-12(16(10)13)17(18)20-14;;/h1-9H,20H2;1-9H,(H,22,23);1H3;1H2. The Kier molecular flexibility index (Phi) is 7.29. The quantitative estimate of drug-likeness (QED) is 0.165. The number of aromatic carboxylic acids is 1. The second-order valence-corrected chi connectivity index (χ2v) is 11.4. The third-order valence-corrected chi connectivity index (χ3v) is 8.75. The molecule has 0 unspecified atom stereocenters. The fourth-order valence-corrected chi connectivity index (χ4v) is 6.66. The lowest BCUT2D eigenvalue weighted by Crippen LogP contribution is -2.10. The lowest BCUT2D eigenvalue weighted by atomic mass is 10.0. The second kappa shape index (κ2) is 11.5. The van der Waals surface area contributed by atoms with Crippen LogP contribution in [0.25, 0.3) is 88.6 Å². The molecule has 2 aliphatic rings. The number of carboxylic acids is 1. The van der Waals surface area contributed by atoms with Gasteiger partial charge >= 0.3 is 11.9 Å². The summed E-state index contributed by atoms with van der Waals surface area (Å²) in [6.45, 7) is 0. The van der Waals surface area contributed by atoms with E-state index >= 15 is 0 Å². The highest BCUT2D eigenvalue weighted by Gasteiger charge is 2.26. The predicted octanol–water partition coefficient (Wildman–Crippen LogP) is 6.93. The summed E-state index contributed by atoms with van der Waals surface area (Å²) in [6, 6.07) is 34.5. The Morgan fingerprint density at radius 1 is 0.531 bits per heavy atom. The Morgan fingerprint density at radius 3 is 1.29 bits per heavy atom. The van der Waals surface area contributed by atoms with Crippen LogP contribution >= 0.6 is 0 Å². The highest BCUT2D eigenvalue weighted by molar-refractivity contribution is 6.15. The van der Waals surface area contributed by atoms with Crippen molar-refractivity contribution in [3.63, 3.8) is 0 Å². The Morgan fingerprint density at radius 2 is 0.898 bits per heavy atom. The molecule has 0 amide bonds. The smallest absolute Gasteiger partial charge is 0.356 e. The van der Waals surface area contributed by atoms with Crippen molar-refractivity contribution in [2.75, 3.05) is 0 Å². The first-order chi connectivity index (χ1) is 23.0. The van der Waals surface area contributed by atoms with E-state index in [4.69, 9.17) is 30.9 Å². The molecule has 0 radical (unpaired) electrons. The molecule has 0 spiro atoms. The zero-order chi connectivity index (χ0) is 31.8. The van der Waals surface area contributed by atoms with Gasteiger partial charge < -0.3 is 21.6 Å². The molecule has 8 N–H and O–H groups in total. The van der Waals surface area contributed by atoms with Crippen molar-refractivity contribution in [3.05, 3.63) is 120 Å². The Balaban J connectivity index is 0.000000148. The molecular formula is C38H26N6O5. The van der Waals surface area contributed by atoms with E-state index in [1.165, 1.54) is 16.2 Å². The van der Waals surface area contributed by atoms with Gasteiger partial charge in [0.15, 0.2) is 0 Å². The van der Waals surface area contributed by atoms with E-state index in [9.17, 15) is 9.59 Å². The van der Waals surface area contributed by atoms with Gasteiger partial charge in [-0.2, -0.15) is 5.90 Å². The molecule has 2 aromatic heterocycles. The van der Waals surface area contributed by atoms with Crippen LogP contribution in [-0.2, 0) is 4.84 Å². The summed E-state index contributed by atoms with van der Waals surface area (Å²) in [4.78, 5) is 46.1. The van der Waals surface area contributed by atoms with Gasteiger partial charge in [-0.1, -0.05) is 72.8 Å². The SMILES string of the molecule is N.NOC(=O)c1ccc2nc3c(nc2c1)-c1cccc2cccc-3c12.O.O=C(O)c1ccc2nc3c(nc2c1)-c1cccc2cccc-3c12. The fraction of sp³-hybridized carbons (Fsp3) is 0. The summed E-state index contributed by atoms with van der Waals surface area (Å²) in [6.07, 6.45) is 0. The van der Waals surface area contributed by atoms with E-state index in [1.54, 1.807) is 36.4 Å². The summed E-state index contributed by atoms with van der Waals surface area (Å²) >= 11 is 0. The number of hydrogen-bond donors (Lipinski definition) is 3. The van der Waals surface area contributed by atoms with Crippen molar-refractivity contribution in [2.45, 2.75) is 0 Å². The van der Waals surface area contributed by atoms with E-state index in [0.717, 1.165) is 55.9 Å². The van der Waals surface area contributed by atoms with Crippen LogP contribution in [0.5, 0.6) is 0 Å². The molecule has 0 bridgehead atoms. The molecule has 2 heterocycles. The zero-order valence-corrected chi connectivity index (χ0v) is 25.6. The van der Waals surface area contributed by atoms with E-state index in [2.05, 4.69) is 47.3 Å². The van der Waals surface area contributed by atoms with Gasteiger partial charge in [0, 0.05) is 33.0 Å². The van der Waals surface area contributed by atoms with E-state index in [-0.39, 0.29) is 17.2 Å². The van der Waals surface area contributed by atoms with E-state index < -0.39 is 11.9 Å². The molecule has 8 aromatic rings. The molecule has 0 saturated heterocycles. The zero-order valence-electron chi connectivity index (χ0n) is 25.6. The van der Waals surface area contributed by atoms with Crippen molar-refractivity contribution < 1.29 is 25.0 Å². The van der Waals surface area contributed by atoms with Gasteiger partial charge in [0.1, 0.15) is 0 Å². The predicted molar refractivity (Wildman–Crippen MR) is 188 cm³/mol. The van der Waals surface area contributed by atoms with Crippen LogP contribution in [0.2, 0.25) is 0 Å². The fourth-order valence-electron chi connectivity index (χ4n) is 6.66. The number of carbonyl (C=O) groups excluding carboxylic acids is 1. The van der Waals surface area contributed by atoms with Crippen LogP contribution in [0.3, 0.4) is 0 Å². The third kappa shape index (κ3) is 4.65. The maximum absolute atomic E-state index is 11.6. The van der Waals surface area contributed by atoms with Crippen LogP contribution in [0.4, 0.5) is 0 Å². The minimum Gasteiger partial charge on any atom is -0.478 e. The number of aromatic nitrogens is 4. The summed E-state index contributed by atoms with van der Waals surface area (Å²) in [5.41, 5.74) is 11.0. The van der Waals surface area contributed by atoms with Gasteiger partial charge in [0.05, 0.1) is 56.0 Å². The molecule has 11 nitrogen and oxygen atoms in total. The number of hydrogen-bond acceptors (Lipinski definition) is 9. The van der Waals surface area contributed by atoms with Crippen LogP contribution in [0.1, 0.15) is 20.7 Å². The van der Waals surface area contributed by atoms with Crippen LogP contribution in [-0.4, -0.2) is 42.5 Å². The monoisotopic (exact) mass is 646 g/mol. The maximum Gasteiger partial charge on any atom is 0.356 e. The van der Waals surface area contributed by atoms with Crippen molar-refractivity contribution in [3.8, 4) is 45.0 Å². The number of carboxylic acid groups (broad SMARTS) is 1. The molecule has 10 rings (SSSR count). The second-order valence-electron chi connectivity index (χ2n) is 11.4. The molecular weight excluding hydrogens is 620 g/mol. The third-order valence-electron chi connectivity index (χ3n) is 8.75. The molecule has 0 saturated carbocycles. The summed E-state index contributed by atoms with van der Waals surface area (Å²) in [7, 11) is 0. The van der Waals surface area contributed by atoms with Crippen molar-refractivity contribution >= 4 is 55.6 Å². The first-order valence-electron chi connectivity index (χ1n) is 14.8. The molecule has 238 valence electrons. The van der Waals surface area contributed by atoms with Gasteiger partial charge in [0.2, 0.25) is 0 Å². The van der Waals surface area contributed by atoms with Gasteiger partial charge in [-0.25, -0.2) is 29.5 Å². The molecule has 0 atom stereocenters. The number of carbonyl (C=O) groups is 2. The number of benzene rings is 6. The number of nitrogens with two attached hydrogens (primary N) is 1. The molecule has 49 heavy (non-hydrogen) atoms. The van der Waals surface area contributed by atoms with Gasteiger partial charge in [-0.15, -0.1) is 0 Å². The largest absolute Gasteiger partial charge is 0.478 e. The van der Waals surface area contributed by atoms with Crippen molar-refractivity contribution in [1.29, 1.82) is 0 Å². The molecule has 6 aromatic carbocycles. The van der Waals surface area contributed by atoms with Gasteiger partial charge in [-0.05, 0) is 47.2 Å². The average Bonchev–Trinajstić information content (AvgIpc) is 3.59. The van der Waals surface area contributed by atoms with E-state index in [0.29, 0.717) is 22.1 Å². The summed E-state index contributed by atoms with van der Waals surface area (Å²) in [5.74, 6) is 3.41. The Hall–Kier alpha value is -6.66. The molecule has 2 aliphatic carbocycles. The topological polar surface area (TPSA) is 208 Å².